The van der Waals surface area contributed by atoms with Crippen molar-refractivity contribution in [3.63, 3.8) is 0 Å². The molecule has 17 heavy (non-hydrogen) atoms. The Morgan fingerprint density at radius 1 is 1.06 bits per heavy atom. The highest BCUT2D eigenvalue weighted by Gasteiger charge is 2.09. The van der Waals surface area contributed by atoms with Gasteiger partial charge in [-0.15, -0.1) is 10.2 Å². The lowest BCUT2D eigenvalue weighted by Crippen LogP contribution is -1.77. The molecule has 84 valence electrons. The lowest BCUT2D eigenvalue weighted by molar-refractivity contribution is 1.09. The van der Waals surface area contributed by atoms with Gasteiger partial charge in [0.1, 0.15) is 5.01 Å². The van der Waals surface area contributed by atoms with Crippen LogP contribution >= 0.6 is 33.9 Å². The fourth-order valence-electron chi connectivity index (χ4n) is 1.44. The van der Waals surface area contributed by atoms with Crippen molar-refractivity contribution in [3.8, 4) is 21.3 Å². The Morgan fingerprint density at radius 2 is 1.82 bits per heavy atom. The molecule has 0 aliphatic rings. The van der Waals surface area contributed by atoms with Crippen molar-refractivity contribution in [1.29, 1.82) is 0 Å². The number of nitrogens with one attached hydrogen (secondary N) is 1. The third-order valence-corrected chi connectivity index (χ3v) is 3.77. The maximum atomic E-state index is 4.19. The van der Waals surface area contributed by atoms with Crippen LogP contribution in [0.25, 0.3) is 21.3 Å². The number of aromatic nitrogens is 4. The summed E-state index contributed by atoms with van der Waals surface area (Å²) in [6, 6.07) is 10.0. The highest BCUT2D eigenvalue weighted by molar-refractivity contribution is 14.1. The second-order valence-corrected chi connectivity index (χ2v) is 5.37. The average Bonchev–Trinajstić information content (AvgIpc) is 2.98. The molecule has 0 bridgehead atoms. The number of rotatable bonds is 2. The highest BCUT2D eigenvalue weighted by Crippen LogP contribution is 2.28. The lowest BCUT2D eigenvalue weighted by Gasteiger charge is -1.91. The molecule has 2 heterocycles. The van der Waals surface area contributed by atoms with E-state index in [1.54, 1.807) is 17.5 Å². The Bertz CT molecular complexity index is 632. The van der Waals surface area contributed by atoms with Crippen LogP contribution in [0.3, 0.4) is 0 Å². The molecule has 1 aromatic carbocycles. The Balaban J connectivity index is 1.99. The molecular formula is C11H7IN4S. The molecule has 0 radical (unpaired) electrons. The summed E-state index contributed by atoms with van der Waals surface area (Å²) in [6.45, 7) is 0. The van der Waals surface area contributed by atoms with Crippen molar-refractivity contribution in [2.75, 3.05) is 0 Å². The van der Waals surface area contributed by atoms with Gasteiger partial charge in [0.05, 0.1) is 11.9 Å². The largest absolute Gasteiger partial charge is 0.331 e. The molecule has 3 rings (SSSR count). The van der Waals surface area contributed by atoms with E-state index in [1.165, 1.54) is 0 Å². The molecule has 0 atom stereocenters. The minimum atomic E-state index is 0.856. The zero-order chi connectivity index (χ0) is 11.7. The van der Waals surface area contributed by atoms with Gasteiger partial charge >= 0.3 is 0 Å². The molecule has 4 nitrogen and oxygen atoms in total. The van der Waals surface area contributed by atoms with E-state index in [0.717, 1.165) is 25.1 Å². The van der Waals surface area contributed by atoms with E-state index in [1.807, 2.05) is 30.3 Å². The number of aromatic amines is 1. The fraction of sp³-hybridized carbons (Fsp3) is 0. The number of hydrogen-bond acceptors (Lipinski definition) is 4. The average molecular weight is 354 g/mol. The van der Waals surface area contributed by atoms with Crippen LogP contribution in [0.15, 0.2) is 36.5 Å². The first-order chi connectivity index (χ1) is 8.33. The molecule has 0 fully saturated rings. The topological polar surface area (TPSA) is 54.5 Å². The first kappa shape index (κ1) is 10.8. The van der Waals surface area contributed by atoms with Gasteiger partial charge in [-0.1, -0.05) is 41.7 Å². The van der Waals surface area contributed by atoms with E-state index in [0.29, 0.717) is 0 Å². The van der Waals surface area contributed by atoms with Crippen LogP contribution in [-0.2, 0) is 0 Å². The summed E-state index contributed by atoms with van der Waals surface area (Å²) in [7, 11) is 0. The zero-order valence-electron chi connectivity index (χ0n) is 8.59. The smallest absolute Gasteiger partial charge is 0.169 e. The van der Waals surface area contributed by atoms with Crippen LogP contribution in [0.4, 0.5) is 0 Å². The second kappa shape index (κ2) is 4.53. The number of H-pyrrole nitrogens is 1. The first-order valence-electron chi connectivity index (χ1n) is 4.93. The van der Waals surface area contributed by atoms with Crippen molar-refractivity contribution in [2.24, 2.45) is 0 Å². The van der Waals surface area contributed by atoms with Gasteiger partial charge in [-0.25, -0.2) is 4.98 Å². The van der Waals surface area contributed by atoms with Gasteiger partial charge in [0.15, 0.2) is 8.84 Å². The molecule has 0 spiro atoms. The van der Waals surface area contributed by atoms with Gasteiger partial charge in [0.25, 0.3) is 0 Å². The van der Waals surface area contributed by atoms with E-state index in [9.17, 15) is 0 Å². The molecule has 6 heteroatoms. The molecule has 2 aromatic heterocycles. The molecule has 0 aliphatic carbocycles. The van der Waals surface area contributed by atoms with E-state index >= 15 is 0 Å². The van der Waals surface area contributed by atoms with E-state index < -0.39 is 0 Å². The number of halogens is 1. The SMILES string of the molecule is Ic1ncc(-c2nnc(-c3ccccc3)s2)[nH]1. The molecule has 0 aliphatic heterocycles. The van der Waals surface area contributed by atoms with Crippen LogP contribution in [0, 0.1) is 3.83 Å². The molecular weight excluding hydrogens is 347 g/mol. The predicted octanol–water partition coefficient (Wildman–Crippen LogP) is 3.20. The summed E-state index contributed by atoms with van der Waals surface area (Å²) in [4.78, 5) is 7.29. The Morgan fingerprint density at radius 3 is 2.53 bits per heavy atom. The van der Waals surface area contributed by atoms with Crippen LogP contribution in [0.2, 0.25) is 0 Å². The van der Waals surface area contributed by atoms with Crippen LogP contribution in [0.5, 0.6) is 0 Å². The molecule has 0 saturated heterocycles. The third kappa shape index (κ3) is 2.22. The summed E-state index contributed by atoms with van der Waals surface area (Å²) < 4.78 is 0.856. The number of nitrogens with zero attached hydrogens (tertiary/aromatic N) is 3. The summed E-state index contributed by atoms with van der Waals surface area (Å²) >= 11 is 3.69. The molecule has 3 aromatic rings. The summed E-state index contributed by atoms with van der Waals surface area (Å²) in [5.41, 5.74) is 2.00. The van der Waals surface area contributed by atoms with Gasteiger partial charge in [-0.2, -0.15) is 0 Å². The van der Waals surface area contributed by atoms with Crippen LogP contribution < -0.4 is 0 Å². The van der Waals surface area contributed by atoms with Gasteiger partial charge in [0, 0.05) is 5.56 Å². The summed E-state index contributed by atoms with van der Waals surface area (Å²) in [5, 5.41) is 10.1. The Hall–Kier alpha value is -1.28. The van der Waals surface area contributed by atoms with Gasteiger partial charge in [-0.05, 0) is 22.6 Å². The van der Waals surface area contributed by atoms with Crippen molar-refractivity contribution < 1.29 is 0 Å². The van der Waals surface area contributed by atoms with Crippen molar-refractivity contribution >= 4 is 33.9 Å². The Kier molecular flexibility index (Phi) is 2.89. The minimum absolute atomic E-state index is 0.856. The van der Waals surface area contributed by atoms with Gasteiger partial charge in [0.2, 0.25) is 0 Å². The molecule has 0 amide bonds. The normalized spacial score (nSPS) is 10.6. The zero-order valence-corrected chi connectivity index (χ0v) is 11.6. The van der Waals surface area contributed by atoms with Crippen molar-refractivity contribution in [3.05, 3.63) is 40.4 Å². The Labute approximate surface area is 115 Å². The van der Waals surface area contributed by atoms with E-state index in [2.05, 4.69) is 42.8 Å². The summed E-state index contributed by atoms with van der Waals surface area (Å²) in [5.74, 6) is 0. The number of benzene rings is 1. The fourth-order valence-corrected chi connectivity index (χ4v) is 2.68. The van der Waals surface area contributed by atoms with Crippen molar-refractivity contribution in [2.45, 2.75) is 0 Å². The van der Waals surface area contributed by atoms with Crippen molar-refractivity contribution in [1.82, 2.24) is 20.2 Å². The maximum absolute atomic E-state index is 4.19. The number of hydrogen-bond donors (Lipinski definition) is 1. The minimum Gasteiger partial charge on any atom is -0.331 e. The third-order valence-electron chi connectivity index (χ3n) is 2.22. The first-order valence-corrected chi connectivity index (χ1v) is 6.82. The number of imidazole rings is 1. The molecule has 0 saturated carbocycles. The van der Waals surface area contributed by atoms with Gasteiger partial charge in [-0.3, -0.25) is 0 Å². The standard InChI is InChI=1S/C11H7IN4S/c12-11-13-6-8(14-11)10-16-15-9(17-10)7-4-2-1-3-5-7/h1-6H,(H,13,14). The quantitative estimate of drug-likeness (QED) is 0.719. The molecule has 0 unspecified atom stereocenters. The monoisotopic (exact) mass is 354 g/mol. The van der Waals surface area contributed by atoms with Crippen LogP contribution in [-0.4, -0.2) is 20.2 Å². The maximum Gasteiger partial charge on any atom is 0.169 e. The summed E-state index contributed by atoms with van der Waals surface area (Å²) in [6.07, 6.45) is 1.77. The van der Waals surface area contributed by atoms with Gasteiger partial charge < -0.3 is 4.98 Å². The second-order valence-electron chi connectivity index (χ2n) is 3.37. The predicted molar refractivity (Wildman–Crippen MR) is 75.6 cm³/mol. The van der Waals surface area contributed by atoms with E-state index in [-0.39, 0.29) is 0 Å². The highest BCUT2D eigenvalue weighted by atomic mass is 127. The van der Waals surface area contributed by atoms with Crippen LogP contribution in [0.1, 0.15) is 0 Å². The van der Waals surface area contributed by atoms with E-state index in [4.69, 9.17) is 0 Å². The lowest BCUT2D eigenvalue weighted by atomic mass is 10.2. The molecule has 1 N–H and O–H groups in total.